The predicted molar refractivity (Wildman–Crippen MR) is 127 cm³/mol. The van der Waals surface area contributed by atoms with Crippen molar-refractivity contribution >= 4 is 33.2 Å². The minimum absolute atomic E-state index is 0.0612. The molecule has 0 radical (unpaired) electrons. The van der Waals surface area contributed by atoms with Crippen molar-refractivity contribution < 1.29 is 13.2 Å². The number of hydrogen-bond donors (Lipinski definition) is 3. The Hall–Kier alpha value is -3.02. The first kappa shape index (κ1) is 21.8. The van der Waals surface area contributed by atoms with E-state index in [1.165, 1.54) is 11.3 Å². The summed E-state index contributed by atoms with van der Waals surface area (Å²) < 4.78 is 27.1. The van der Waals surface area contributed by atoms with E-state index in [4.69, 9.17) is 0 Å². The van der Waals surface area contributed by atoms with E-state index in [-0.39, 0.29) is 6.03 Å². The molecule has 172 valence electrons. The van der Waals surface area contributed by atoms with Crippen LogP contribution in [-0.4, -0.2) is 62.0 Å². The van der Waals surface area contributed by atoms with Gasteiger partial charge in [0.15, 0.2) is 0 Å². The molecule has 1 aromatic carbocycles. The number of carbonyl (C=O) groups excluding carboxylic acids is 1. The van der Waals surface area contributed by atoms with Crippen LogP contribution in [0.15, 0.2) is 52.9 Å². The van der Waals surface area contributed by atoms with Crippen LogP contribution in [0, 0.1) is 0 Å². The van der Waals surface area contributed by atoms with Gasteiger partial charge in [0.1, 0.15) is 9.58 Å². The number of hydrogen-bond acceptors (Lipinski definition) is 8. The highest BCUT2D eigenvalue weighted by Crippen LogP contribution is 2.37. The Morgan fingerprint density at radius 3 is 2.88 bits per heavy atom. The summed E-state index contributed by atoms with van der Waals surface area (Å²) in [7, 11) is -3.60. The Labute approximate surface area is 196 Å². The molecule has 3 aromatic rings. The van der Waals surface area contributed by atoms with Crippen LogP contribution in [0.3, 0.4) is 0 Å². The second-order valence-corrected chi connectivity index (χ2v) is 11.2. The van der Waals surface area contributed by atoms with Crippen molar-refractivity contribution in [3.8, 4) is 10.6 Å². The molecule has 2 aliphatic heterocycles. The Kier molecular flexibility index (Phi) is 6.00. The Balaban J connectivity index is 1.32. The number of benzene rings is 1. The fraction of sp³-hybridized carbons (Fsp3) is 0.318. The topological polar surface area (TPSA) is 116 Å². The molecule has 0 aliphatic carbocycles. The van der Waals surface area contributed by atoms with E-state index in [1.54, 1.807) is 29.3 Å². The van der Waals surface area contributed by atoms with Crippen LogP contribution in [0.5, 0.6) is 0 Å². The number of carbonyl (C=O) groups is 1. The third-order valence-corrected chi connectivity index (χ3v) is 9.34. The van der Waals surface area contributed by atoms with E-state index in [2.05, 4.69) is 25.9 Å². The summed E-state index contributed by atoms with van der Waals surface area (Å²) in [6.07, 6.45) is 2.46. The second kappa shape index (κ2) is 9.08. The highest BCUT2D eigenvalue weighted by atomic mass is 32.2. The van der Waals surface area contributed by atoms with Gasteiger partial charge in [0.05, 0.1) is 10.6 Å². The number of fused-ring (bicyclic) bond motifs is 1. The lowest BCUT2D eigenvalue weighted by Crippen LogP contribution is -2.34. The predicted octanol–water partition coefficient (Wildman–Crippen LogP) is 2.26. The SMILES string of the molecule is O=C1NCCN1CCNc1nccc(-c2ccc(S(=O)(=O)C3NCCc4ccccc43)s2)n1. The molecule has 2 aliphatic rings. The van der Waals surface area contributed by atoms with E-state index >= 15 is 0 Å². The van der Waals surface area contributed by atoms with Crippen LogP contribution in [0.1, 0.15) is 16.5 Å². The first-order chi connectivity index (χ1) is 16.0. The van der Waals surface area contributed by atoms with Crippen molar-refractivity contribution in [1.29, 1.82) is 0 Å². The van der Waals surface area contributed by atoms with E-state index in [0.29, 0.717) is 48.6 Å². The molecule has 1 fully saturated rings. The maximum absolute atomic E-state index is 13.4. The minimum atomic E-state index is -3.60. The van der Waals surface area contributed by atoms with Gasteiger partial charge in [-0.05, 0) is 35.7 Å². The van der Waals surface area contributed by atoms with Crippen LogP contribution >= 0.6 is 11.3 Å². The lowest BCUT2D eigenvalue weighted by molar-refractivity contribution is 0.219. The van der Waals surface area contributed by atoms with E-state index in [0.717, 1.165) is 22.4 Å². The number of anilines is 1. The lowest BCUT2D eigenvalue weighted by Gasteiger charge is -2.26. The number of nitrogens with one attached hydrogen (secondary N) is 3. The molecule has 1 atom stereocenters. The first-order valence-corrected chi connectivity index (χ1v) is 13.1. The number of amides is 2. The Bertz CT molecular complexity index is 1280. The largest absolute Gasteiger partial charge is 0.352 e. The molecule has 2 aromatic heterocycles. The Morgan fingerprint density at radius 1 is 1.15 bits per heavy atom. The molecule has 2 amide bonds. The van der Waals surface area contributed by atoms with Crippen molar-refractivity contribution in [3.05, 3.63) is 59.8 Å². The van der Waals surface area contributed by atoms with Crippen LogP contribution < -0.4 is 16.0 Å². The molecule has 1 saturated heterocycles. The van der Waals surface area contributed by atoms with Crippen molar-refractivity contribution in [2.45, 2.75) is 16.0 Å². The first-order valence-electron chi connectivity index (χ1n) is 10.8. The van der Waals surface area contributed by atoms with Crippen LogP contribution in [0.25, 0.3) is 10.6 Å². The van der Waals surface area contributed by atoms with Gasteiger partial charge in [-0.3, -0.25) is 5.32 Å². The molecule has 0 saturated carbocycles. The number of urea groups is 1. The summed E-state index contributed by atoms with van der Waals surface area (Å²) in [6, 6.07) is 12.8. The second-order valence-electron chi connectivity index (χ2n) is 7.86. The third kappa shape index (κ3) is 4.43. The summed E-state index contributed by atoms with van der Waals surface area (Å²) in [4.78, 5) is 22.9. The quantitative estimate of drug-likeness (QED) is 0.471. The molecule has 4 heterocycles. The van der Waals surface area contributed by atoms with Crippen molar-refractivity contribution in [3.63, 3.8) is 0 Å². The molecule has 33 heavy (non-hydrogen) atoms. The lowest BCUT2D eigenvalue weighted by atomic mass is 10.0. The molecular weight excluding hydrogens is 460 g/mol. The van der Waals surface area contributed by atoms with Gasteiger partial charge in [0, 0.05) is 38.9 Å². The van der Waals surface area contributed by atoms with Gasteiger partial charge in [-0.15, -0.1) is 11.3 Å². The van der Waals surface area contributed by atoms with Gasteiger partial charge in [0.2, 0.25) is 15.8 Å². The van der Waals surface area contributed by atoms with Crippen LogP contribution in [0.2, 0.25) is 0 Å². The van der Waals surface area contributed by atoms with Crippen LogP contribution in [0.4, 0.5) is 10.7 Å². The maximum atomic E-state index is 13.4. The molecule has 0 spiro atoms. The summed E-state index contributed by atoms with van der Waals surface area (Å²) in [5, 5.41) is 8.32. The number of rotatable bonds is 7. The molecule has 5 rings (SSSR count). The van der Waals surface area contributed by atoms with Crippen LogP contribution in [-0.2, 0) is 16.3 Å². The van der Waals surface area contributed by atoms with Gasteiger partial charge >= 0.3 is 6.03 Å². The fourth-order valence-electron chi connectivity index (χ4n) is 4.08. The van der Waals surface area contributed by atoms with E-state index in [9.17, 15) is 13.2 Å². The zero-order valence-electron chi connectivity index (χ0n) is 17.8. The summed E-state index contributed by atoms with van der Waals surface area (Å²) >= 11 is 1.21. The standard InChI is InChI=1S/C22H24N6O3S2/c29-22-26-12-14-28(22)13-11-25-21-24-10-8-17(27-21)18-5-6-19(32-18)33(30,31)20-16-4-2-1-3-15(16)7-9-23-20/h1-6,8,10,20,23H,7,9,11-14H2,(H,26,29)(H,24,25,27). The average Bonchev–Trinajstić information content (AvgIpc) is 3.49. The van der Waals surface area contributed by atoms with Gasteiger partial charge < -0.3 is 15.5 Å². The van der Waals surface area contributed by atoms with Crippen molar-refractivity contribution in [2.75, 3.05) is 38.0 Å². The molecule has 0 bridgehead atoms. The highest BCUT2D eigenvalue weighted by Gasteiger charge is 2.33. The number of sulfone groups is 1. The van der Waals surface area contributed by atoms with Gasteiger partial charge in [0.25, 0.3) is 0 Å². The van der Waals surface area contributed by atoms with Gasteiger partial charge in [-0.1, -0.05) is 24.3 Å². The molecule has 1 unspecified atom stereocenters. The Morgan fingerprint density at radius 2 is 2.03 bits per heavy atom. The molecule has 9 nitrogen and oxygen atoms in total. The average molecular weight is 485 g/mol. The molecule has 11 heteroatoms. The number of aromatic nitrogens is 2. The minimum Gasteiger partial charge on any atom is -0.352 e. The van der Waals surface area contributed by atoms with E-state index < -0.39 is 15.2 Å². The van der Waals surface area contributed by atoms with Gasteiger partial charge in [-0.25, -0.2) is 23.2 Å². The summed E-state index contributed by atoms with van der Waals surface area (Å²) in [6.45, 7) is 3.05. The van der Waals surface area contributed by atoms with Gasteiger partial charge in [-0.2, -0.15) is 0 Å². The van der Waals surface area contributed by atoms with Crippen molar-refractivity contribution in [2.24, 2.45) is 0 Å². The highest BCUT2D eigenvalue weighted by molar-refractivity contribution is 7.93. The summed E-state index contributed by atoms with van der Waals surface area (Å²) in [5.41, 5.74) is 2.54. The fourth-order valence-corrected chi connectivity index (χ4v) is 7.20. The van der Waals surface area contributed by atoms with Crippen molar-refractivity contribution in [1.82, 2.24) is 25.5 Å². The normalized spacial score (nSPS) is 18.1. The van der Waals surface area contributed by atoms with E-state index in [1.807, 2.05) is 24.3 Å². The molecule has 3 N–H and O–H groups in total. The number of nitrogens with zero attached hydrogens (tertiary/aromatic N) is 3. The zero-order chi connectivity index (χ0) is 22.8. The molecular formula is C22H24N6O3S2. The monoisotopic (exact) mass is 484 g/mol. The summed E-state index contributed by atoms with van der Waals surface area (Å²) in [5.74, 6) is 0.438. The number of thiophene rings is 1. The third-order valence-electron chi connectivity index (χ3n) is 5.75. The zero-order valence-corrected chi connectivity index (χ0v) is 19.5. The smallest absolute Gasteiger partial charge is 0.317 e. The maximum Gasteiger partial charge on any atom is 0.317 e.